The average Bonchev–Trinajstić information content (AvgIpc) is 3.13. The van der Waals surface area contributed by atoms with Crippen LogP contribution in [0.25, 0.3) is 58.6 Å². The monoisotopic (exact) mass is 400 g/mol. The van der Waals surface area contributed by atoms with Crippen LogP contribution in [0.1, 0.15) is 0 Å². The highest BCUT2D eigenvalue weighted by Crippen LogP contribution is 2.43. The number of para-hydroxylation sites is 1. The summed E-state index contributed by atoms with van der Waals surface area (Å²) in [7, 11) is 0. The molecule has 0 saturated heterocycles. The predicted molar refractivity (Wildman–Crippen MR) is 129 cm³/mol. The van der Waals surface area contributed by atoms with E-state index in [-0.39, 0.29) is 0 Å². The van der Waals surface area contributed by atoms with Gasteiger partial charge in [-0.15, -0.1) is 11.3 Å². The highest BCUT2D eigenvalue weighted by molar-refractivity contribution is 7.26. The summed E-state index contributed by atoms with van der Waals surface area (Å²) in [6.45, 7) is 0. The first-order valence-electron chi connectivity index (χ1n) is 10.1. The molecular formula is C27H16N2S. The van der Waals surface area contributed by atoms with Crippen molar-refractivity contribution in [3.63, 3.8) is 0 Å². The minimum Gasteiger partial charge on any atom is -0.307 e. The normalized spacial score (nSPS) is 12.0. The minimum absolute atomic E-state index is 1.04. The van der Waals surface area contributed by atoms with E-state index in [4.69, 9.17) is 4.98 Å². The van der Waals surface area contributed by atoms with Crippen LogP contribution >= 0.6 is 11.3 Å². The largest absolute Gasteiger partial charge is 0.307 e. The summed E-state index contributed by atoms with van der Waals surface area (Å²) in [5.74, 6) is 0. The van der Waals surface area contributed by atoms with Gasteiger partial charge in [0.05, 0.1) is 16.6 Å². The SMILES string of the molecule is c1ccc(-n2c3cccc4sc5cccc(c6ncc7ccccc7c62)c5c43)cc1. The molecule has 3 heterocycles. The molecule has 0 aliphatic heterocycles. The third-order valence-electron chi connectivity index (χ3n) is 6.01. The van der Waals surface area contributed by atoms with Gasteiger partial charge in [-0.2, -0.15) is 0 Å². The molecule has 7 rings (SSSR count). The van der Waals surface area contributed by atoms with Crippen LogP contribution in [0.4, 0.5) is 0 Å². The maximum absolute atomic E-state index is 5.02. The predicted octanol–water partition coefficient (Wildman–Crippen LogP) is 7.70. The molecule has 7 aromatic rings. The Morgan fingerprint density at radius 3 is 2.27 bits per heavy atom. The van der Waals surface area contributed by atoms with E-state index in [1.807, 2.05) is 17.5 Å². The molecule has 0 radical (unpaired) electrons. The molecule has 0 aliphatic rings. The van der Waals surface area contributed by atoms with Crippen LogP contribution in [-0.4, -0.2) is 9.55 Å². The standard InChI is InChI=1S/C27H16N2S/c1-2-9-18(10-3-1)29-21-13-7-15-23-25(21)24-20(12-6-14-22(24)30-23)26-27(29)19-11-5-4-8-17(19)16-28-26/h1-16H. The van der Waals surface area contributed by atoms with Crippen LogP contribution in [0.3, 0.4) is 0 Å². The van der Waals surface area contributed by atoms with Gasteiger partial charge in [0.2, 0.25) is 0 Å². The molecule has 0 unspecified atom stereocenters. The van der Waals surface area contributed by atoms with E-state index in [0.29, 0.717) is 0 Å². The summed E-state index contributed by atoms with van der Waals surface area (Å²) >= 11 is 1.86. The van der Waals surface area contributed by atoms with Gasteiger partial charge in [0.25, 0.3) is 0 Å². The van der Waals surface area contributed by atoms with Gasteiger partial charge in [0.1, 0.15) is 0 Å². The molecule has 0 N–H and O–H groups in total. The van der Waals surface area contributed by atoms with Crippen molar-refractivity contribution in [1.82, 2.24) is 9.55 Å². The molecule has 3 aromatic heterocycles. The molecule has 3 heteroatoms. The first kappa shape index (κ1) is 16.1. The smallest absolute Gasteiger partial charge is 0.0955 e. The molecule has 0 atom stereocenters. The Bertz CT molecular complexity index is 1740. The zero-order chi connectivity index (χ0) is 19.7. The van der Waals surface area contributed by atoms with Crippen LogP contribution in [-0.2, 0) is 0 Å². The number of benzene rings is 4. The zero-order valence-corrected chi connectivity index (χ0v) is 16.9. The third-order valence-corrected chi connectivity index (χ3v) is 7.13. The quantitative estimate of drug-likeness (QED) is 0.276. The van der Waals surface area contributed by atoms with Gasteiger partial charge >= 0.3 is 0 Å². The van der Waals surface area contributed by atoms with Gasteiger partial charge in [-0.1, -0.05) is 60.7 Å². The lowest BCUT2D eigenvalue weighted by Crippen LogP contribution is -1.98. The van der Waals surface area contributed by atoms with E-state index in [9.17, 15) is 0 Å². The van der Waals surface area contributed by atoms with E-state index < -0.39 is 0 Å². The Hall–Kier alpha value is -3.69. The zero-order valence-electron chi connectivity index (χ0n) is 16.0. The van der Waals surface area contributed by atoms with Crippen molar-refractivity contribution in [3.8, 4) is 5.69 Å². The summed E-state index contributed by atoms with van der Waals surface area (Å²) in [6, 6.07) is 32.5. The van der Waals surface area contributed by atoms with E-state index in [1.54, 1.807) is 0 Å². The second kappa shape index (κ2) is 5.91. The molecule has 0 saturated carbocycles. The number of hydrogen-bond acceptors (Lipinski definition) is 2. The van der Waals surface area contributed by atoms with Crippen molar-refractivity contribution in [2.24, 2.45) is 0 Å². The molecular weight excluding hydrogens is 384 g/mol. The number of thiophene rings is 1. The van der Waals surface area contributed by atoms with Gasteiger partial charge in [-0.3, -0.25) is 4.98 Å². The minimum atomic E-state index is 1.04. The maximum atomic E-state index is 5.02. The highest BCUT2D eigenvalue weighted by Gasteiger charge is 2.18. The fourth-order valence-electron chi connectivity index (χ4n) is 4.77. The van der Waals surface area contributed by atoms with Crippen molar-refractivity contribution < 1.29 is 0 Å². The van der Waals surface area contributed by atoms with Gasteiger partial charge in [-0.25, -0.2) is 0 Å². The Balaban J connectivity index is 1.94. The van der Waals surface area contributed by atoms with Gasteiger partial charge < -0.3 is 4.57 Å². The summed E-state index contributed by atoms with van der Waals surface area (Å²) in [4.78, 5) is 5.02. The van der Waals surface area contributed by atoms with Gasteiger partial charge in [0.15, 0.2) is 0 Å². The number of fused-ring (bicyclic) bond motifs is 4. The first-order valence-corrected chi connectivity index (χ1v) is 10.9. The molecule has 140 valence electrons. The molecule has 4 aromatic carbocycles. The molecule has 2 nitrogen and oxygen atoms in total. The number of rotatable bonds is 1. The van der Waals surface area contributed by atoms with Crippen molar-refractivity contribution in [1.29, 1.82) is 0 Å². The molecule has 0 aliphatic carbocycles. The average molecular weight is 401 g/mol. The Kier molecular flexibility index (Phi) is 3.18. The summed E-state index contributed by atoms with van der Waals surface area (Å²) in [5.41, 5.74) is 4.56. The summed E-state index contributed by atoms with van der Waals surface area (Å²) < 4.78 is 5.03. The molecule has 0 spiro atoms. The molecule has 30 heavy (non-hydrogen) atoms. The number of aromatic nitrogens is 2. The molecule has 0 amide bonds. The summed E-state index contributed by atoms with van der Waals surface area (Å²) in [6.07, 6.45) is 2.01. The fraction of sp³-hybridized carbons (Fsp3) is 0. The first-order chi connectivity index (χ1) is 14.9. The highest BCUT2D eigenvalue weighted by atomic mass is 32.1. The number of nitrogens with zero attached hydrogens (tertiary/aromatic N) is 2. The van der Waals surface area contributed by atoms with Crippen LogP contribution in [0, 0.1) is 0 Å². The summed E-state index contributed by atoms with van der Waals surface area (Å²) in [5, 5.41) is 6.22. The van der Waals surface area contributed by atoms with Crippen molar-refractivity contribution >= 4 is 64.2 Å². The second-order valence-electron chi connectivity index (χ2n) is 7.64. The number of hydrogen-bond donors (Lipinski definition) is 0. The van der Waals surface area contributed by atoms with Crippen molar-refractivity contribution in [2.75, 3.05) is 0 Å². The molecule has 0 fully saturated rings. The molecule has 0 bridgehead atoms. The van der Waals surface area contributed by atoms with Crippen molar-refractivity contribution in [3.05, 3.63) is 97.2 Å². The van der Waals surface area contributed by atoms with Crippen LogP contribution in [0.5, 0.6) is 0 Å². The Labute approximate surface area is 176 Å². The topological polar surface area (TPSA) is 17.8 Å². The van der Waals surface area contributed by atoms with E-state index in [2.05, 4.69) is 95.6 Å². The second-order valence-corrected chi connectivity index (χ2v) is 8.73. The van der Waals surface area contributed by atoms with Gasteiger partial charge in [-0.05, 0) is 30.3 Å². The lowest BCUT2D eigenvalue weighted by molar-refractivity contribution is 1.17. The van der Waals surface area contributed by atoms with E-state index in [1.165, 1.54) is 36.5 Å². The lowest BCUT2D eigenvalue weighted by atomic mass is 10.1. The Morgan fingerprint density at radius 2 is 1.37 bits per heavy atom. The van der Waals surface area contributed by atoms with E-state index >= 15 is 0 Å². The van der Waals surface area contributed by atoms with E-state index in [0.717, 1.165) is 22.1 Å². The van der Waals surface area contributed by atoms with Crippen LogP contribution in [0.2, 0.25) is 0 Å². The maximum Gasteiger partial charge on any atom is 0.0955 e. The van der Waals surface area contributed by atoms with Crippen LogP contribution < -0.4 is 0 Å². The number of pyridine rings is 1. The fourth-order valence-corrected chi connectivity index (χ4v) is 5.92. The third kappa shape index (κ3) is 2.05. The van der Waals surface area contributed by atoms with Crippen LogP contribution in [0.15, 0.2) is 97.2 Å². The van der Waals surface area contributed by atoms with Crippen molar-refractivity contribution in [2.45, 2.75) is 0 Å². The van der Waals surface area contributed by atoms with Gasteiger partial charge in [0, 0.05) is 48.2 Å². The lowest BCUT2D eigenvalue weighted by Gasteiger charge is -2.13. The Morgan fingerprint density at radius 1 is 0.633 bits per heavy atom.